The molecule has 4 aromatic heterocycles. The van der Waals surface area contributed by atoms with Crippen molar-refractivity contribution < 1.29 is 4.74 Å². The van der Waals surface area contributed by atoms with Crippen molar-refractivity contribution in [2.24, 2.45) is 0 Å². The maximum Gasteiger partial charge on any atom is 0.325 e. The number of imidazole rings is 2. The van der Waals surface area contributed by atoms with E-state index in [9.17, 15) is 9.59 Å². The second-order valence-electron chi connectivity index (χ2n) is 8.07. The van der Waals surface area contributed by atoms with Gasteiger partial charge in [-0.05, 0) is 5.56 Å². The third-order valence-electron chi connectivity index (χ3n) is 5.55. The quantitative estimate of drug-likeness (QED) is 0.215. The summed E-state index contributed by atoms with van der Waals surface area (Å²) in [5.41, 5.74) is 2.62. The summed E-state index contributed by atoms with van der Waals surface area (Å²) in [4.78, 5) is 50.7. The van der Waals surface area contributed by atoms with Crippen molar-refractivity contribution >= 4 is 39.7 Å². The van der Waals surface area contributed by atoms with Crippen LogP contribution in [0.3, 0.4) is 0 Å². The fourth-order valence-electron chi connectivity index (χ4n) is 3.92. The summed E-state index contributed by atoms with van der Waals surface area (Å²) in [6.07, 6.45) is 2.76. The summed E-state index contributed by atoms with van der Waals surface area (Å²) < 4.78 is 5.85. The second kappa shape index (κ2) is 10.7. The zero-order valence-electron chi connectivity index (χ0n) is 19.0. The normalized spacial score (nSPS) is 15.7. The van der Waals surface area contributed by atoms with Gasteiger partial charge in [0.05, 0.1) is 13.2 Å². The Morgan fingerprint density at radius 2 is 1.61 bits per heavy atom. The van der Waals surface area contributed by atoms with Gasteiger partial charge in [0, 0.05) is 25.7 Å². The molecule has 14 heteroatoms. The lowest BCUT2D eigenvalue weighted by Crippen LogP contribution is -2.53. The lowest BCUT2D eigenvalue weighted by atomic mass is 10.2. The number of anilines is 1. The van der Waals surface area contributed by atoms with E-state index in [1.807, 2.05) is 18.2 Å². The molecule has 0 unspecified atom stereocenters. The molecule has 0 saturated carbocycles. The highest BCUT2D eigenvalue weighted by atomic mass is 35.5. The van der Waals surface area contributed by atoms with Crippen LogP contribution in [0.1, 0.15) is 5.56 Å². The van der Waals surface area contributed by atoms with Crippen LogP contribution in [0.2, 0.25) is 5.15 Å². The van der Waals surface area contributed by atoms with Gasteiger partial charge >= 0.3 is 11.4 Å². The Hall–Kier alpha value is -4.07. The highest BCUT2D eigenvalue weighted by molar-refractivity contribution is 6.33. The molecule has 36 heavy (non-hydrogen) atoms. The van der Waals surface area contributed by atoms with Gasteiger partial charge in [-0.25, -0.2) is 29.5 Å². The van der Waals surface area contributed by atoms with Crippen molar-refractivity contribution in [1.82, 2.24) is 45.2 Å². The Morgan fingerprint density at radius 1 is 0.917 bits per heavy atom. The molecule has 6 rings (SSSR count). The van der Waals surface area contributed by atoms with Gasteiger partial charge in [-0.3, -0.25) is 9.97 Å². The van der Waals surface area contributed by atoms with Crippen LogP contribution in [0, 0.1) is 0 Å². The van der Waals surface area contributed by atoms with Crippen molar-refractivity contribution in [3.63, 3.8) is 0 Å². The third-order valence-corrected chi connectivity index (χ3v) is 5.84. The van der Waals surface area contributed by atoms with Crippen molar-refractivity contribution in [2.45, 2.75) is 12.6 Å². The standard InChI is InChI=1S/C17H20N6O2.C5H3ClN4O/c24-17-21-14-15(22-17)19-11-20-16(14)23-7-6-18-13(8-23)10-25-9-12-4-2-1-3-5-12;6-3-2-4(8-1-7-3)10-5(11)9-2/h1-5,11,13,18H,6-10H2,(H2,19,20,21,22,24);1H,(H2,7,8,9,10,11)/t13-;/m1./s1. The molecule has 0 amide bonds. The van der Waals surface area contributed by atoms with Gasteiger partial charge in [0.25, 0.3) is 0 Å². The number of aromatic nitrogens is 8. The Bertz CT molecular complexity index is 1560. The Labute approximate surface area is 208 Å². The first-order chi connectivity index (χ1) is 17.6. The van der Waals surface area contributed by atoms with Crippen molar-refractivity contribution in [3.05, 3.63) is 74.7 Å². The molecule has 186 valence electrons. The number of aromatic amines is 4. The van der Waals surface area contributed by atoms with Gasteiger partial charge in [0.1, 0.15) is 23.7 Å². The minimum atomic E-state index is -0.331. The Balaban J connectivity index is 0.000000202. The van der Waals surface area contributed by atoms with Crippen LogP contribution in [0.5, 0.6) is 0 Å². The molecular formula is C22H23ClN10O3. The van der Waals surface area contributed by atoms with Gasteiger partial charge in [-0.1, -0.05) is 41.9 Å². The predicted octanol–water partition coefficient (Wildman–Crippen LogP) is 0.941. The molecule has 0 radical (unpaired) electrons. The van der Waals surface area contributed by atoms with E-state index in [-0.39, 0.29) is 22.6 Å². The number of fused-ring (bicyclic) bond motifs is 2. The van der Waals surface area contributed by atoms with E-state index in [1.165, 1.54) is 12.7 Å². The zero-order chi connectivity index (χ0) is 24.9. The minimum Gasteiger partial charge on any atom is -0.375 e. The summed E-state index contributed by atoms with van der Waals surface area (Å²) >= 11 is 5.63. The van der Waals surface area contributed by atoms with E-state index in [0.717, 1.165) is 31.0 Å². The average molecular weight is 511 g/mol. The van der Waals surface area contributed by atoms with E-state index in [2.05, 4.69) is 62.2 Å². The maximum absolute atomic E-state index is 11.5. The number of rotatable bonds is 5. The first-order valence-electron chi connectivity index (χ1n) is 11.2. The first-order valence-corrected chi connectivity index (χ1v) is 11.6. The molecule has 1 saturated heterocycles. The second-order valence-corrected chi connectivity index (χ2v) is 8.42. The minimum absolute atomic E-state index is 0.202. The molecule has 1 aliphatic rings. The zero-order valence-corrected chi connectivity index (χ0v) is 19.7. The van der Waals surface area contributed by atoms with Crippen molar-refractivity contribution in [3.8, 4) is 0 Å². The van der Waals surface area contributed by atoms with Crippen LogP contribution in [0.25, 0.3) is 22.3 Å². The number of nitrogens with one attached hydrogen (secondary N) is 5. The molecule has 1 aliphatic heterocycles. The molecule has 5 aromatic rings. The van der Waals surface area contributed by atoms with Crippen LogP contribution in [-0.2, 0) is 11.3 Å². The summed E-state index contributed by atoms with van der Waals surface area (Å²) in [6.45, 7) is 3.62. The Kier molecular flexibility index (Phi) is 7.02. The number of nitrogens with zero attached hydrogens (tertiary/aromatic N) is 5. The fourth-order valence-corrected chi connectivity index (χ4v) is 4.10. The number of halogens is 1. The molecular weight excluding hydrogens is 488 g/mol. The average Bonchev–Trinajstić information content (AvgIpc) is 3.47. The maximum atomic E-state index is 11.5. The summed E-state index contributed by atoms with van der Waals surface area (Å²) in [7, 11) is 0. The Morgan fingerprint density at radius 3 is 2.36 bits per heavy atom. The highest BCUT2D eigenvalue weighted by Gasteiger charge is 2.23. The third kappa shape index (κ3) is 5.43. The summed E-state index contributed by atoms with van der Waals surface area (Å²) in [5, 5.41) is 3.71. The van der Waals surface area contributed by atoms with Gasteiger partial charge in [0.15, 0.2) is 22.3 Å². The fraction of sp³-hybridized carbons (Fsp3) is 0.273. The molecule has 0 aliphatic carbocycles. The van der Waals surface area contributed by atoms with Gasteiger partial charge in [0.2, 0.25) is 0 Å². The SMILES string of the molecule is O=c1[nH]c2ncnc(Cl)c2[nH]1.O=c1[nH]c2ncnc(N3CCN[C@@H](COCc4ccccc4)C3)c2[nH]1. The van der Waals surface area contributed by atoms with Crippen LogP contribution < -0.4 is 21.6 Å². The van der Waals surface area contributed by atoms with E-state index < -0.39 is 0 Å². The van der Waals surface area contributed by atoms with Crippen molar-refractivity contribution in [1.29, 1.82) is 0 Å². The van der Waals surface area contributed by atoms with Gasteiger partial charge < -0.3 is 24.9 Å². The van der Waals surface area contributed by atoms with E-state index in [1.54, 1.807) is 0 Å². The number of ether oxygens (including phenoxy) is 1. The first kappa shape index (κ1) is 23.7. The number of hydrogen-bond acceptors (Lipinski definition) is 9. The molecule has 0 bridgehead atoms. The summed E-state index contributed by atoms with van der Waals surface area (Å²) in [6, 6.07) is 10.3. The van der Waals surface area contributed by atoms with Crippen LogP contribution in [-0.4, -0.2) is 72.2 Å². The summed E-state index contributed by atoms with van der Waals surface area (Å²) in [5.74, 6) is 0.748. The molecule has 1 aromatic carbocycles. The lowest BCUT2D eigenvalue weighted by Gasteiger charge is -2.34. The molecule has 0 spiro atoms. The number of hydrogen-bond donors (Lipinski definition) is 5. The molecule has 5 N–H and O–H groups in total. The number of benzene rings is 1. The van der Waals surface area contributed by atoms with E-state index in [4.69, 9.17) is 16.3 Å². The van der Waals surface area contributed by atoms with E-state index in [0.29, 0.717) is 35.5 Å². The molecule has 13 nitrogen and oxygen atoms in total. The molecule has 1 fully saturated rings. The van der Waals surface area contributed by atoms with Crippen molar-refractivity contribution in [2.75, 3.05) is 31.1 Å². The smallest absolute Gasteiger partial charge is 0.325 e. The lowest BCUT2D eigenvalue weighted by molar-refractivity contribution is 0.0971. The number of piperazine rings is 1. The van der Waals surface area contributed by atoms with E-state index >= 15 is 0 Å². The van der Waals surface area contributed by atoms with Crippen LogP contribution in [0.15, 0.2) is 52.6 Å². The van der Waals surface area contributed by atoms with Crippen LogP contribution in [0.4, 0.5) is 5.82 Å². The highest BCUT2D eigenvalue weighted by Crippen LogP contribution is 2.20. The van der Waals surface area contributed by atoms with Gasteiger partial charge in [-0.2, -0.15) is 0 Å². The largest absolute Gasteiger partial charge is 0.375 e. The monoisotopic (exact) mass is 510 g/mol. The molecule has 1 atom stereocenters. The van der Waals surface area contributed by atoms with Gasteiger partial charge in [-0.15, -0.1) is 0 Å². The topological polar surface area (TPSA) is 173 Å². The predicted molar refractivity (Wildman–Crippen MR) is 134 cm³/mol. The molecule has 5 heterocycles. The van der Waals surface area contributed by atoms with Crippen LogP contribution >= 0.6 is 11.6 Å². The number of H-pyrrole nitrogens is 4.